The summed E-state index contributed by atoms with van der Waals surface area (Å²) in [5.41, 5.74) is 0.740. The Morgan fingerprint density at radius 3 is 2.40 bits per heavy atom. The number of amides is 1. The molecule has 1 aliphatic heterocycles. The Morgan fingerprint density at radius 2 is 1.77 bits per heavy atom. The first-order chi connectivity index (χ1) is 14.3. The summed E-state index contributed by atoms with van der Waals surface area (Å²) in [5, 5.41) is 12.0. The zero-order valence-corrected chi connectivity index (χ0v) is 17.0. The van der Waals surface area contributed by atoms with E-state index in [9.17, 15) is 27.5 Å². The van der Waals surface area contributed by atoms with Crippen molar-refractivity contribution >= 4 is 21.9 Å². The summed E-state index contributed by atoms with van der Waals surface area (Å²) in [6, 6.07) is 11.1. The summed E-state index contributed by atoms with van der Waals surface area (Å²) in [6.07, 6.45) is 1.59. The number of carbonyl (C=O) groups is 2. The van der Waals surface area contributed by atoms with Crippen LogP contribution < -0.4 is 5.32 Å². The maximum atomic E-state index is 13.2. The first-order valence-corrected chi connectivity index (χ1v) is 11.1. The van der Waals surface area contributed by atoms with Crippen LogP contribution in [0.2, 0.25) is 0 Å². The van der Waals surface area contributed by atoms with E-state index in [1.165, 1.54) is 0 Å². The van der Waals surface area contributed by atoms with Crippen LogP contribution in [0.25, 0.3) is 0 Å². The molecule has 9 heteroatoms. The summed E-state index contributed by atoms with van der Waals surface area (Å²) in [7, 11) is -4.03. The molecule has 160 valence electrons. The molecule has 1 fully saturated rings. The van der Waals surface area contributed by atoms with Crippen LogP contribution in [0.15, 0.2) is 59.5 Å². The molecule has 30 heavy (non-hydrogen) atoms. The minimum Gasteiger partial charge on any atom is -0.480 e. The van der Waals surface area contributed by atoms with Gasteiger partial charge in [0, 0.05) is 13.0 Å². The van der Waals surface area contributed by atoms with Crippen LogP contribution in [-0.4, -0.2) is 48.3 Å². The van der Waals surface area contributed by atoms with Crippen molar-refractivity contribution in [3.63, 3.8) is 0 Å². The number of aliphatic carboxylic acids is 1. The number of hydrogen-bond acceptors (Lipinski definition) is 4. The van der Waals surface area contributed by atoms with E-state index in [0.717, 1.165) is 34.1 Å². The van der Waals surface area contributed by atoms with Gasteiger partial charge in [0.15, 0.2) is 0 Å². The number of carboxylic acid groups (broad SMARTS) is 1. The van der Waals surface area contributed by atoms with Gasteiger partial charge in [-0.15, -0.1) is 0 Å². The third-order valence-electron chi connectivity index (χ3n) is 5.07. The lowest BCUT2D eigenvalue weighted by molar-refractivity contribution is -0.142. The van der Waals surface area contributed by atoms with Gasteiger partial charge in [0.1, 0.15) is 17.9 Å². The summed E-state index contributed by atoms with van der Waals surface area (Å²) >= 11 is 0. The van der Waals surface area contributed by atoms with Crippen molar-refractivity contribution in [3.8, 4) is 0 Å². The zero-order chi connectivity index (χ0) is 21.7. The minimum atomic E-state index is -4.03. The fraction of sp³-hybridized carbons (Fsp3) is 0.333. The molecule has 0 saturated carbocycles. The molecule has 2 atom stereocenters. The summed E-state index contributed by atoms with van der Waals surface area (Å²) in [5.74, 6) is -2.41. The number of piperidine rings is 1. The third-order valence-corrected chi connectivity index (χ3v) is 7.00. The van der Waals surface area contributed by atoms with Gasteiger partial charge in [-0.2, -0.15) is 4.31 Å². The molecule has 0 aromatic heterocycles. The van der Waals surface area contributed by atoms with Gasteiger partial charge in [0.05, 0.1) is 4.90 Å². The highest BCUT2D eigenvalue weighted by atomic mass is 32.2. The van der Waals surface area contributed by atoms with Crippen molar-refractivity contribution in [2.45, 2.75) is 42.7 Å². The predicted molar refractivity (Wildman–Crippen MR) is 108 cm³/mol. The van der Waals surface area contributed by atoms with Gasteiger partial charge >= 0.3 is 5.97 Å². The number of sulfonamides is 1. The Balaban J connectivity index is 1.79. The molecule has 1 saturated heterocycles. The first-order valence-electron chi connectivity index (χ1n) is 9.63. The average Bonchev–Trinajstić information content (AvgIpc) is 2.74. The number of hydrogen-bond donors (Lipinski definition) is 2. The third kappa shape index (κ3) is 5.03. The Bertz CT molecular complexity index is 996. The van der Waals surface area contributed by atoms with Crippen molar-refractivity contribution in [2.75, 3.05) is 6.54 Å². The van der Waals surface area contributed by atoms with Gasteiger partial charge in [-0.1, -0.05) is 36.8 Å². The molecule has 0 radical (unpaired) electrons. The highest BCUT2D eigenvalue weighted by molar-refractivity contribution is 7.89. The lowest BCUT2D eigenvalue weighted by Crippen LogP contribution is -2.55. The number of carbonyl (C=O) groups excluding carboxylic acids is 1. The molecule has 2 aromatic rings. The lowest BCUT2D eigenvalue weighted by Gasteiger charge is -2.34. The van der Waals surface area contributed by atoms with Gasteiger partial charge < -0.3 is 10.4 Å². The molecular formula is C21H23FN2O5S. The standard InChI is InChI=1S/C21H23FN2O5S/c22-16-9-11-17(12-10-16)30(28,29)24-13-5-4-8-19(24)20(25)23-18(21(26)27)14-15-6-2-1-3-7-15/h1-3,6-7,9-12,18-19H,4-5,8,13-14H2,(H,23,25)(H,26,27). The van der Waals surface area contributed by atoms with Crippen molar-refractivity contribution in [2.24, 2.45) is 0 Å². The van der Waals surface area contributed by atoms with Gasteiger partial charge in [-0.25, -0.2) is 17.6 Å². The van der Waals surface area contributed by atoms with Crippen molar-refractivity contribution < 1.29 is 27.5 Å². The number of nitrogens with one attached hydrogen (secondary N) is 1. The molecule has 0 aliphatic carbocycles. The van der Waals surface area contributed by atoms with E-state index in [0.29, 0.717) is 12.8 Å². The van der Waals surface area contributed by atoms with E-state index in [-0.39, 0.29) is 24.3 Å². The molecule has 0 bridgehead atoms. The van der Waals surface area contributed by atoms with Crippen LogP contribution in [0.1, 0.15) is 24.8 Å². The van der Waals surface area contributed by atoms with E-state index < -0.39 is 39.8 Å². The van der Waals surface area contributed by atoms with Crippen LogP contribution in [0.3, 0.4) is 0 Å². The topological polar surface area (TPSA) is 104 Å². The summed E-state index contributed by atoms with van der Waals surface area (Å²) < 4.78 is 40.3. The zero-order valence-electron chi connectivity index (χ0n) is 16.2. The van der Waals surface area contributed by atoms with E-state index in [1.807, 2.05) is 0 Å². The number of carboxylic acids is 1. The second-order valence-corrected chi connectivity index (χ2v) is 9.06. The Hall–Kier alpha value is -2.78. The van der Waals surface area contributed by atoms with Gasteiger partial charge in [0.2, 0.25) is 15.9 Å². The fourth-order valence-corrected chi connectivity index (χ4v) is 5.17. The van der Waals surface area contributed by atoms with Crippen molar-refractivity contribution in [3.05, 3.63) is 66.0 Å². The summed E-state index contributed by atoms with van der Waals surface area (Å²) in [4.78, 5) is 24.5. The predicted octanol–water partition coefficient (Wildman–Crippen LogP) is 2.18. The van der Waals surface area contributed by atoms with E-state index in [1.54, 1.807) is 30.3 Å². The quantitative estimate of drug-likeness (QED) is 0.695. The maximum absolute atomic E-state index is 13.2. The van der Waals surface area contributed by atoms with E-state index in [4.69, 9.17) is 0 Å². The molecule has 1 aliphatic rings. The number of rotatable bonds is 7. The smallest absolute Gasteiger partial charge is 0.326 e. The van der Waals surface area contributed by atoms with Crippen molar-refractivity contribution in [1.82, 2.24) is 9.62 Å². The van der Waals surface area contributed by atoms with Crippen LogP contribution >= 0.6 is 0 Å². The van der Waals surface area contributed by atoms with E-state index >= 15 is 0 Å². The molecule has 2 aromatic carbocycles. The number of nitrogens with zero attached hydrogens (tertiary/aromatic N) is 1. The highest BCUT2D eigenvalue weighted by Crippen LogP contribution is 2.26. The van der Waals surface area contributed by atoms with Crippen LogP contribution in [0.5, 0.6) is 0 Å². The van der Waals surface area contributed by atoms with Crippen molar-refractivity contribution in [1.29, 1.82) is 0 Å². The average molecular weight is 434 g/mol. The van der Waals surface area contributed by atoms with E-state index in [2.05, 4.69) is 5.32 Å². The lowest BCUT2D eigenvalue weighted by atomic mass is 10.0. The Kier molecular flexibility index (Phi) is 6.84. The number of halogens is 1. The van der Waals surface area contributed by atoms with Gasteiger partial charge in [0.25, 0.3) is 0 Å². The SMILES string of the molecule is O=C(O)C(Cc1ccccc1)NC(=O)C1CCCCN1S(=O)(=O)c1ccc(F)cc1. The molecule has 2 N–H and O–H groups in total. The molecule has 1 amide bonds. The fourth-order valence-electron chi connectivity index (χ4n) is 3.51. The molecule has 0 spiro atoms. The van der Waals surface area contributed by atoms with Gasteiger partial charge in [-0.3, -0.25) is 4.79 Å². The molecule has 7 nitrogen and oxygen atoms in total. The molecule has 3 rings (SSSR count). The maximum Gasteiger partial charge on any atom is 0.326 e. The second-order valence-electron chi connectivity index (χ2n) is 7.17. The van der Waals surface area contributed by atoms with Gasteiger partial charge in [-0.05, 0) is 42.7 Å². The highest BCUT2D eigenvalue weighted by Gasteiger charge is 2.38. The first kappa shape index (κ1) is 21.9. The molecular weight excluding hydrogens is 411 g/mol. The molecule has 1 heterocycles. The van der Waals surface area contributed by atoms with Crippen LogP contribution in [0.4, 0.5) is 4.39 Å². The Labute approximate surface area is 174 Å². The molecule has 2 unspecified atom stereocenters. The number of benzene rings is 2. The summed E-state index contributed by atoms with van der Waals surface area (Å²) in [6.45, 7) is 0.133. The normalized spacial score (nSPS) is 18.5. The second kappa shape index (κ2) is 9.36. The minimum absolute atomic E-state index is 0.0827. The van der Waals surface area contributed by atoms with Crippen LogP contribution in [0, 0.1) is 5.82 Å². The monoisotopic (exact) mass is 434 g/mol. The van der Waals surface area contributed by atoms with Crippen LogP contribution in [-0.2, 0) is 26.0 Å². The largest absolute Gasteiger partial charge is 0.480 e. The Morgan fingerprint density at radius 1 is 1.10 bits per heavy atom.